The maximum Gasteiger partial charge on any atom is 0.330 e. The van der Waals surface area contributed by atoms with Crippen LogP contribution in [-0.4, -0.2) is 26.9 Å². The minimum absolute atomic E-state index is 0.230. The van der Waals surface area contributed by atoms with Crippen LogP contribution in [0.15, 0.2) is 42.6 Å². The Morgan fingerprint density at radius 2 is 2.00 bits per heavy atom. The molecule has 2 aromatic rings. The van der Waals surface area contributed by atoms with Gasteiger partial charge in [0.1, 0.15) is 0 Å². The number of aromatic nitrogens is 2. The lowest BCUT2D eigenvalue weighted by Gasteiger charge is -2.15. The fourth-order valence-corrected chi connectivity index (χ4v) is 1.84. The molecule has 110 valence electrons. The summed E-state index contributed by atoms with van der Waals surface area (Å²) in [4.78, 5) is 23.0. The van der Waals surface area contributed by atoms with E-state index in [1.807, 2.05) is 0 Å². The van der Waals surface area contributed by atoms with Crippen molar-refractivity contribution in [3.8, 4) is 0 Å². The molecule has 3 N–H and O–H groups in total. The Hall–Kier alpha value is -2.83. The average Bonchev–Trinajstić information content (AvgIpc) is 2.89. The molecule has 0 aliphatic rings. The standard InChI is InChI=1S/C14H16N4O3/c1-18-8-7-11(17-18)9-15-14(21)16-12(13(19)20)10-5-3-2-4-6-10/h2-8,12H,9H2,1H3,(H,19,20)(H2,15,16,21)/t12-/m1/s1. The molecule has 2 amide bonds. The SMILES string of the molecule is Cn1ccc(CNC(=O)N[C@@H](C(=O)O)c2ccccc2)n1. The van der Waals surface area contributed by atoms with Crippen LogP contribution in [0.4, 0.5) is 4.79 Å². The van der Waals surface area contributed by atoms with E-state index in [4.69, 9.17) is 0 Å². The van der Waals surface area contributed by atoms with Gasteiger partial charge in [-0.3, -0.25) is 4.68 Å². The van der Waals surface area contributed by atoms with Gasteiger partial charge in [0, 0.05) is 13.2 Å². The fourth-order valence-electron chi connectivity index (χ4n) is 1.84. The van der Waals surface area contributed by atoms with Gasteiger partial charge in [-0.25, -0.2) is 9.59 Å². The third kappa shape index (κ3) is 4.07. The Morgan fingerprint density at radius 3 is 2.57 bits per heavy atom. The average molecular weight is 288 g/mol. The number of aryl methyl sites for hydroxylation is 1. The predicted octanol–water partition coefficient (Wildman–Crippen LogP) is 1.05. The van der Waals surface area contributed by atoms with Gasteiger partial charge < -0.3 is 15.7 Å². The van der Waals surface area contributed by atoms with Crippen LogP contribution in [0.25, 0.3) is 0 Å². The number of benzene rings is 1. The minimum atomic E-state index is -1.12. The van der Waals surface area contributed by atoms with Crippen molar-refractivity contribution < 1.29 is 14.7 Å². The number of aliphatic carboxylic acids is 1. The Labute approximate surface area is 121 Å². The van der Waals surface area contributed by atoms with Crippen LogP contribution in [0, 0.1) is 0 Å². The Bertz CT molecular complexity index is 624. The molecule has 0 bridgehead atoms. The maximum absolute atomic E-state index is 11.8. The van der Waals surface area contributed by atoms with Gasteiger partial charge in [0.25, 0.3) is 0 Å². The largest absolute Gasteiger partial charge is 0.479 e. The third-order valence-electron chi connectivity index (χ3n) is 2.85. The van der Waals surface area contributed by atoms with Crippen LogP contribution in [0.2, 0.25) is 0 Å². The molecule has 0 fully saturated rings. The van der Waals surface area contributed by atoms with Crippen LogP contribution in [0.5, 0.6) is 0 Å². The van der Waals surface area contributed by atoms with Gasteiger partial charge in [-0.15, -0.1) is 0 Å². The van der Waals surface area contributed by atoms with E-state index in [9.17, 15) is 14.7 Å². The fraction of sp³-hybridized carbons (Fsp3) is 0.214. The van der Waals surface area contributed by atoms with Crippen molar-refractivity contribution in [2.24, 2.45) is 7.05 Å². The van der Waals surface area contributed by atoms with Crippen molar-refractivity contribution in [2.75, 3.05) is 0 Å². The summed E-state index contributed by atoms with van der Waals surface area (Å²) in [7, 11) is 1.78. The number of rotatable bonds is 5. The molecule has 0 saturated heterocycles. The summed E-state index contributed by atoms with van der Waals surface area (Å²) in [6.07, 6.45) is 1.76. The highest BCUT2D eigenvalue weighted by atomic mass is 16.4. The molecule has 1 aromatic carbocycles. The first-order valence-corrected chi connectivity index (χ1v) is 6.37. The summed E-state index contributed by atoms with van der Waals surface area (Å²) < 4.78 is 1.62. The molecule has 0 radical (unpaired) electrons. The maximum atomic E-state index is 11.8. The molecule has 0 aliphatic carbocycles. The van der Waals surface area contributed by atoms with E-state index in [2.05, 4.69) is 15.7 Å². The molecule has 0 saturated carbocycles. The quantitative estimate of drug-likeness (QED) is 0.766. The van der Waals surface area contributed by atoms with Gasteiger partial charge >= 0.3 is 12.0 Å². The second-order valence-corrected chi connectivity index (χ2v) is 4.49. The zero-order valence-corrected chi connectivity index (χ0v) is 11.5. The van der Waals surface area contributed by atoms with E-state index in [0.717, 1.165) is 0 Å². The predicted molar refractivity (Wildman–Crippen MR) is 75.4 cm³/mol. The van der Waals surface area contributed by atoms with E-state index in [-0.39, 0.29) is 6.54 Å². The minimum Gasteiger partial charge on any atom is -0.479 e. The molecule has 0 spiro atoms. The Morgan fingerprint density at radius 1 is 1.29 bits per heavy atom. The zero-order valence-electron chi connectivity index (χ0n) is 11.5. The monoisotopic (exact) mass is 288 g/mol. The van der Waals surface area contributed by atoms with Gasteiger partial charge in [-0.1, -0.05) is 30.3 Å². The van der Waals surface area contributed by atoms with Crippen LogP contribution < -0.4 is 10.6 Å². The van der Waals surface area contributed by atoms with Crippen molar-refractivity contribution in [2.45, 2.75) is 12.6 Å². The highest BCUT2D eigenvalue weighted by molar-refractivity contribution is 5.83. The van der Waals surface area contributed by atoms with Crippen LogP contribution in [-0.2, 0) is 18.4 Å². The number of urea groups is 1. The number of carboxylic acids is 1. The first-order chi connectivity index (χ1) is 10.1. The highest BCUT2D eigenvalue weighted by Gasteiger charge is 2.21. The lowest BCUT2D eigenvalue weighted by molar-refractivity contribution is -0.139. The number of carbonyl (C=O) groups excluding carboxylic acids is 1. The van der Waals surface area contributed by atoms with Crippen LogP contribution >= 0.6 is 0 Å². The van der Waals surface area contributed by atoms with Crippen molar-refractivity contribution in [3.63, 3.8) is 0 Å². The van der Waals surface area contributed by atoms with Crippen molar-refractivity contribution in [3.05, 3.63) is 53.9 Å². The van der Waals surface area contributed by atoms with Gasteiger partial charge in [0.2, 0.25) is 0 Å². The van der Waals surface area contributed by atoms with E-state index in [0.29, 0.717) is 11.3 Å². The third-order valence-corrected chi connectivity index (χ3v) is 2.85. The number of hydrogen-bond donors (Lipinski definition) is 3. The summed E-state index contributed by atoms with van der Waals surface area (Å²) in [6, 6.07) is 8.65. The first-order valence-electron chi connectivity index (χ1n) is 6.37. The molecule has 1 heterocycles. The molecule has 0 aliphatic heterocycles. The number of amides is 2. The second-order valence-electron chi connectivity index (χ2n) is 4.49. The summed E-state index contributed by atoms with van der Waals surface area (Å²) in [5, 5.41) is 18.3. The molecule has 7 heteroatoms. The molecular weight excluding hydrogens is 272 g/mol. The second kappa shape index (κ2) is 6.56. The van der Waals surface area contributed by atoms with E-state index >= 15 is 0 Å². The summed E-state index contributed by atoms with van der Waals surface area (Å²) in [5.74, 6) is -1.12. The number of hydrogen-bond acceptors (Lipinski definition) is 3. The van der Waals surface area contributed by atoms with Crippen LogP contribution in [0.3, 0.4) is 0 Å². The van der Waals surface area contributed by atoms with E-state index in [1.165, 1.54) is 0 Å². The van der Waals surface area contributed by atoms with E-state index in [1.54, 1.807) is 54.3 Å². The summed E-state index contributed by atoms with van der Waals surface area (Å²) in [5.41, 5.74) is 1.21. The molecule has 21 heavy (non-hydrogen) atoms. The van der Waals surface area contributed by atoms with Crippen LogP contribution in [0.1, 0.15) is 17.3 Å². The lowest BCUT2D eigenvalue weighted by Crippen LogP contribution is -2.40. The number of nitrogens with zero attached hydrogens (tertiary/aromatic N) is 2. The zero-order chi connectivity index (χ0) is 15.2. The van der Waals surface area contributed by atoms with Gasteiger partial charge in [-0.2, -0.15) is 5.10 Å². The normalized spacial score (nSPS) is 11.7. The van der Waals surface area contributed by atoms with Crippen molar-refractivity contribution in [1.82, 2.24) is 20.4 Å². The highest BCUT2D eigenvalue weighted by Crippen LogP contribution is 2.12. The van der Waals surface area contributed by atoms with Gasteiger partial charge in [0.15, 0.2) is 6.04 Å². The molecule has 2 rings (SSSR count). The first kappa shape index (κ1) is 14.6. The Balaban J connectivity index is 1.94. The number of carbonyl (C=O) groups is 2. The number of nitrogens with one attached hydrogen (secondary N) is 2. The summed E-state index contributed by atoms with van der Waals surface area (Å²) in [6.45, 7) is 0.230. The van der Waals surface area contributed by atoms with Crippen molar-refractivity contribution >= 4 is 12.0 Å². The molecular formula is C14H16N4O3. The topological polar surface area (TPSA) is 96.2 Å². The van der Waals surface area contributed by atoms with Gasteiger partial charge in [-0.05, 0) is 11.6 Å². The number of carboxylic acid groups (broad SMARTS) is 1. The van der Waals surface area contributed by atoms with Gasteiger partial charge in [0.05, 0.1) is 12.2 Å². The van der Waals surface area contributed by atoms with E-state index < -0.39 is 18.0 Å². The molecule has 1 atom stereocenters. The Kier molecular flexibility index (Phi) is 4.55. The molecule has 7 nitrogen and oxygen atoms in total. The van der Waals surface area contributed by atoms with Crippen molar-refractivity contribution in [1.29, 1.82) is 0 Å². The molecule has 0 unspecified atom stereocenters. The lowest BCUT2D eigenvalue weighted by atomic mass is 10.1. The molecule has 1 aromatic heterocycles. The summed E-state index contributed by atoms with van der Waals surface area (Å²) >= 11 is 0. The smallest absolute Gasteiger partial charge is 0.330 e.